The summed E-state index contributed by atoms with van der Waals surface area (Å²) in [6.45, 7) is 9.47. The average Bonchev–Trinajstić information content (AvgIpc) is 2.67. The van der Waals surface area contributed by atoms with Crippen LogP contribution in [0.5, 0.6) is 5.75 Å². The molecule has 0 aliphatic heterocycles. The number of phenolic OH excluding ortho intramolecular Hbond substituents is 1. The maximum atomic E-state index is 10.8. The van der Waals surface area contributed by atoms with E-state index in [4.69, 9.17) is 0 Å². The molecule has 0 aliphatic carbocycles. The summed E-state index contributed by atoms with van der Waals surface area (Å²) >= 11 is 0. The highest BCUT2D eigenvalue weighted by Crippen LogP contribution is 2.35. The second-order valence-electron chi connectivity index (χ2n) is 7.65. The highest BCUT2D eigenvalue weighted by atomic mass is 16.3. The molecule has 3 aromatic carbocycles. The normalized spacial score (nSPS) is 11.2. The number of phenols is 1. The number of hydrogen-bond acceptors (Lipinski definition) is 2. The monoisotopic (exact) mass is 359 g/mol. The number of rotatable bonds is 6. The molecule has 2 heteroatoms. The van der Waals surface area contributed by atoms with E-state index in [0.29, 0.717) is 24.1 Å². The number of anilines is 1. The summed E-state index contributed by atoms with van der Waals surface area (Å²) in [5, 5.41) is 14.5. The maximum Gasteiger partial charge on any atom is 0.128 e. The van der Waals surface area contributed by atoms with Crippen molar-refractivity contribution in [3.63, 3.8) is 0 Å². The standard InChI is InChI=1S/C25H29NO/c1-17(2)21-13-9-14-22(18(3)4)24(21)26-16-20-12-8-15-23(25(20)27)19-10-6-5-7-11-19/h5-15,17-18,26-27H,16H2,1-4H3. The van der Waals surface area contributed by atoms with E-state index in [1.165, 1.54) is 16.8 Å². The molecule has 0 spiro atoms. The highest BCUT2D eigenvalue weighted by Gasteiger charge is 2.15. The lowest BCUT2D eigenvalue weighted by Gasteiger charge is -2.21. The van der Waals surface area contributed by atoms with Gasteiger partial charge in [0, 0.05) is 23.4 Å². The van der Waals surface area contributed by atoms with Crippen molar-refractivity contribution in [2.75, 3.05) is 5.32 Å². The Labute approximate surface area is 162 Å². The number of para-hydroxylation sites is 2. The van der Waals surface area contributed by atoms with E-state index in [1.54, 1.807) is 0 Å². The van der Waals surface area contributed by atoms with Gasteiger partial charge in [-0.15, -0.1) is 0 Å². The first-order valence-corrected chi connectivity index (χ1v) is 9.72. The van der Waals surface area contributed by atoms with Gasteiger partial charge in [0.25, 0.3) is 0 Å². The van der Waals surface area contributed by atoms with Crippen molar-refractivity contribution < 1.29 is 5.11 Å². The molecule has 0 radical (unpaired) electrons. The van der Waals surface area contributed by atoms with Crippen LogP contribution in [0.2, 0.25) is 0 Å². The van der Waals surface area contributed by atoms with Crippen LogP contribution < -0.4 is 5.32 Å². The zero-order valence-corrected chi connectivity index (χ0v) is 16.7. The molecule has 0 heterocycles. The second-order valence-corrected chi connectivity index (χ2v) is 7.65. The van der Waals surface area contributed by atoms with Crippen molar-refractivity contribution in [1.29, 1.82) is 0 Å². The fourth-order valence-corrected chi connectivity index (χ4v) is 3.52. The van der Waals surface area contributed by atoms with Gasteiger partial charge in [-0.25, -0.2) is 0 Å². The molecule has 0 fully saturated rings. The first kappa shape index (κ1) is 19.0. The molecule has 3 rings (SSSR count). The Bertz CT molecular complexity index is 871. The zero-order valence-electron chi connectivity index (χ0n) is 16.7. The van der Waals surface area contributed by atoms with Crippen LogP contribution >= 0.6 is 0 Å². The summed E-state index contributed by atoms with van der Waals surface area (Å²) in [5.74, 6) is 1.23. The van der Waals surface area contributed by atoms with Gasteiger partial charge in [-0.3, -0.25) is 0 Å². The van der Waals surface area contributed by atoms with Crippen molar-refractivity contribution in [2.24, 2.45) is 0 Å². The lowest BCUT2D eigenvalue weighted by molar-refractivity contribution is 0.471. The molecule has 0 aliphatic rings. The van der Waals surface area contributed by atoms with Crippen LogP contribution in [0, 0.1) is 0 Å². The van der Waals surface area contributed by atoms with E-state index in [2.05, 4.69) is 51.2 Å². The SMILES string of the molecule is CC(C)c1cccc(C(C)C)c1NCc1cccc(-c2ccccc2)c1O. The largest absolute Gasteiger partial charge is 0.507 e. The van der Waals surface area contributed by atoms with Crippen molar-refractivity contribution in [3.8, 4) is 16.9 Å². The number of benzene rings is 3. The third-order valence-corrected chi connectivity index (χ3v) is 5.03. The first-order chi connectivity index (χ1) is 13.0. The van der Waals surface area contributed by atoms with E-state index >= 15 is 0 Å². The summed E-state index contributed by atoms with van der Waals surface area (Å²) in [4.78, 5) is 0. The van der Waals surface area contributed by atoms with E-state index in [9.17, 15) is 5.11 Å². The molecule has 0 amide bonds. The smallest absolute Gasteiger partial charge is 0.128 e. The summed E-state index contributed by atoms with van der Waals surface area (Å²) in [5.41, 5.74) is 6.65. The molecule has 0 atom stereocenters. The third-order valence-electron chi connectivity index (χ3n) is 5.03. The van der Waals surface area contributed by atoms with Gasteiger partial charge < -0.3 is 10.4 Å². The molecule has 3 aromatic rings. The van der Waals surface area contributed by atoms with Gasteiger partial charge in [-0.2, -0.15) is 0 Å². The molecule has 0 aromatic heterocycles. The van der Waals surface area contributed by atoms with E-state index < -0.39 is 0 Å². The van der Waals surface area contributed by atoms with Crippen molar-refractivity contribution >= 4 is 5.69 Å². The molecule has 2 nitrogen and oxygen atoms in total. The Kier molecular flexibility index (Phi) is 5.85. The van der Waals surface area contributed by atoms with Crippen LogP contribution in [0.3, 0.4) is 0 Å². The van der Waals surface area contributed by atoms with Crippen LogP contribution in [-0.4, -0.2) is 5.11 Å². The molecule has 27 heavy (non-hydrogen) atoms. The minimum Gasteiger partial charge on any atom is -0.507 e. The Balaban J connectivity index is 1.92. The lowest BCUT2D eigenvalue weighted by atomic mass is 9.92. The predicted molar refractivity (Wildman–Crippen MR) is 115 cm³/mol. The van der Waals surface area contributed by atoms with E-state index in [0.717, 1.165) is 16.7 Å². The number of hydrogen-bond donors (Lipinski definition) is 2. The average molecular weight is 360 g/mol. The lowest BCUT2D eigenvalue weighted by Crippen LogP contribution is -2.08. The Morgan fingerprint density at radius 3 is 1.93 bits per heavy atom. The number of nitrogens with one attached hydrogen (secondary N) is 1. The van der Waals surface area contributed by atoms with Crippen LogP contribution in [-0.2, 0) is 6.54 Å². The molecule has 140 valence electrons. The molecule has 0 saturated heterocycles. The second kappa shape index (κ2) is 8.30. The summed E-state index contributed by atoms with van der Waals surface area (Å²) in [7, 11) is 0. The van der Waals surface area contributed by atoms with Crippen molar-refractivity contribution in [2.45, 2.75) is 46.1 Å². The quantitative estimate of drug-likeness (QED) is 0.501. The van der Waals surface area contributed by atoms with Crippen LogP contribution in [0.1, 0.15) is 56.2 Å². The molecular formula is C25H29NO. The van der Waals surface area contributed by atoms with Gasteiger partial charge in [-0.1, -0.05) is 94.4 Å². The van der Waals surface area contributed by atoms with Crippen LogP contribution in [0.25, 0.3) is 11.1 Å². The molecular weight excluding hydrogens is 330 g/mol. The minimum absolute atomic E-state index is 0.351. The zero-order chi connectivity index (χ0) is 19.4. The van der Waals surface area contributed by atoms with Gasteiger partial charge in [0.15, 0.2) is 0 Å². The molecule has 0 saturated carbocycles. The topological polar surface area (TPSA) is 32.3 Å². The van der Waals surface area contributed by atoms with E-state index in [1.807, 2.05) is 48.5 Å². The van der Waals surface area contributed by atoms with Gasteiger partial charge >= 0.3 is 0 Å². The van der Waals surface area contributed by atoms with Gasteiger partial charge in [-0.05, 0) is 28.5 Å². The Morgan fingerprint density at radius 2 is 1.33 bits per heavy atom. The Morgan fingerprint density at radius 1 is 0.741 bits per heavy atom. The summed E-state index contributed by atoms with van der Waals surface area (Å²) in [6.07, 6.45) is 0. The van der Waals surface area contributed by atoms with Gasteiger partial charge in [0.2, 0.25) is 0 Å². The third kappa shape index (κ3) is 4.16. The molecule has 0 bridgehead atoms. The van der Waals surface area contributed by atoms with E-state index in [-0.39, 0.29) is 0 Å². The number of aromatic hydroxyl groups is 1. The summed E-state index contributed by atoms with van der Waals surface area (Å²) in [6, 6.07) is 22.5. The van der Waals surface area contributed by atoms with Crippen LogP contribution in [0.15, 0.2) is 66.7 Å². The van der Waals surface area contributed by atoms with Crippen LogP contribution in [0.4, 0.5) is 5.69 Å². The fourth-order valence-electron chi connectivity index (χ4n) is 3.52. The van der Waals surface area contributed by atoms with Crippen molar-refractivity contribution in [3.05, 3.63) is 83.4 Å². The predicted octanol–water partition coefficient (Wildman–Crippen LogP) is 6.92. The molecule has 0 unspecified atom stereocenters. The maximum absolute atomic E-state index is 10.8. The minimum atomic E-state index is 0.351. The fraction of sp³-hybridized carbons (Fsp3) is 0.280. The Hall–Kier alpha value is -2.74. The molecule has 2 N–H and O–H groups in total. The summed E-state index contributed by atoms with van der Waals surface area (Å²) < 4.78 is 0. The van der Waals surface area contributed by atoms with Gasteiger partial charge in [0.05, 0.1) is 0 Å². The highest BCUT2D eigenvalue weighted by molar-refractivity contribution is 5.72. The first-order valence-electron chi connectivity index (χ1n) is 9.72. The van der Waals surface area contributed by atoms with Gasteiger partial charge in [0.1, 0.15) is 5.75 Å². The van der Waals surface area contributed by atoms with Crippen molar-refractivity contribution in [1.82, 2.24) is 0 Å².